The molecule has 2 aromatic rings. The minimum Gasteiger partial charge on any atom is -0.350 e. The van der Waals surface area contributed by atoms with Gasteiger partial charge >= 0.3 is 6.18 Å². The molecule has 0 spiro atoms. The smallest absolute Gasteiger partial charge is 0.350 e. The summed E-state index contributed by atoms with van der Waals surface area (Å²) in [4.78, 5) is 14.9. The van der Waals surface area contributed by atoms with E-state index in [-0.39, 0.29) is 12.5 Å². The first-order valence-corrected chi connectivity index (χ1v) is 8.68. The number of rotatable bonds is 5. The second kappa shape index (κ2) is 7.91. The maximum absolute atomic E-state index is 12.8. The summed E-state index contributed by atoms with van der Waals surface area (Å²) < 4.78 is 38.5. The lowest BCUT2D eigenvalue weighted by Gasteiger charge is -2.27. The first kappa shape index (κ1) is 18.5. The van der Waals surface area contributed by atoms with Gasteiger partial charge in [0.15, 0.2) is 0 Å². The summed E-state index contributed by atoms with van der Waals surface area (Å²) in [5.74, 6) is -0.185. The van der Waals surface area contributed by atoms with Crippen molar-refractivity contribution in [2.24, 2.45) is 0 Å². The predicted octanol–water partition coefficient (Wildman–Crippen LogP) is 4.16. The van der Waals surface area contributed by atoms with Crippen LogP contribution in [-0.2, 0) is 17.5 Å². The lowest BCUT2D eigenvalue weighted by molar-refractivity contribution is -0.137. The molecule has 1 amide bonds. The zero-order chi connectivity index (χ0) is 18.6. The Morgan fingerprint density at radius 2 is 1.73 bits per heavy atom. The topological polar surface area (TPSA) is 32.3 Å². The van der Waals surface area contributed by atoms with E-state index in [1.807, 2.05) is 30.3 Å². The Balaban J connectivity index is 1.72. The molecule has 1 heterocycles. The molecule has 1 aliphatic heterocycles. The van der Waals surface area contributed by atoms with Gasteiger partial charge in [0.05, 0.1) is 5.56 Å². The van der Waals surface area contributed by atoms with Gasteiger partial charge in [0.1, 0.15) is 6.04 Å². The van der Waals surface area contributed by atoms with Crippen LogP contribution < -0.4 is 5.32 Å². The minimum absolute atomic E-state index is 0.0694. The fraction of sp³-hybridized carbons (Fsp3) is 0.350. The summed E-state index contributed by atoms with van der Waals surface area (Å²) in [6.45, 7) is 1.76. The number of benzene rings is 2. The first-order valence-electron chi connectivity index (χ1n) is 8.68. The molecule has 0 bridgehead atoms. The highest BCUT2D eigenvalue weighted by molar-refractivity contribution is 5.83. The van der Waals surface area contributed by atoms with E-state index < -0.39 is 17.8 Å². The van der Waals surface area contributed by atoms with Gasteiger partial charge in [0.25, 0.3) is 0 Å². The Labute approximate surface area is 150 Å². The molecular formula is C20H21F3N2O. The van der Waals surface area contributed by atoms with Crippen LogP contribution in [0.3, 0.4) is 0 Å². The molecule has 1 saturated heterocycles. The van der Waals surface area contributed by atoms with Gasteiger partial charge in [0, 0.05) is 6.54 Å². The van der Waals surface area contributed by atoms with E-state index in [4.69, 9.17) is 0 Å². The van der Waals surface area contributed by atoms with Gasteiger partial charge in [-0.25, -0.2) is 0 Å². The highest BCUT2D eigenvalue weighted by Crippen LogP contribution is 2.30. The normalized spacial score (nSPS) is 16.4. The van der Waals surface area contributed by atoms with Gasteiger partial charge in [-0.15, -0.1) is 0 Å². The summed E-state index contributed by atoms with van der Waals surface area (Å²) in [6, 6.07) is 14.1. The van der Waals surface area contributed by atoms with E-state index in [1.165, 1.54) is 6.07 Å². The third-order valence-corrected chi connectivity index (χ3v) is 4.59. The zero-order valence-electron chi connectivity index (χ0n) is 14.3. The van der Waals surface area contributed by atoms with Crippen LogP contribution in [0.5, 0.6) is 0 Å². The molecule has 26 heavy (non-hydrogen) atoms. The average Bonchev–Trinajstić information content (AvgIpc) is 3.15. The number of likely N-dealkylation sites (tertiary alicyclic amines) is 1. The van der Waals surface area contributed by atoms with Crippen molar-refractivity contribution in [2.75, 3.05) is 13.1 Å². The Bertz CT molecular complexity index is 740. The number of amides is 1. The van der Waals surface area contributed by atoms with Crippen LogP contribution in [0.4, 0.5) is 13.2 Å². The van der Waals surface area contributed by atoms with Gasteiger partial charge in [0.2, 0.25) is 5.91 Å². The number of hydrogen-bond acceptors (Lipinski definition) is 2. The Kier molecular flexibility index (Phi) is 5.61. The van der Waals surface area contributed by atoms with Crippen molar-refractivity contribution < 1.29 is 18.0 Å². The zero-order valence-corrected chi connectivity index (χ0v) is 14.3. The SMILES string of the molecule is O=C(NCc1cccc(C(F)(F)F)c1)C(c1ccccc1)N1CCCC1. The third kappa shape index (κ3) is 4.43. The Morgan fingerprint density at radius 3 is 2.38 bits per heavy atom. The van der Waals surface area contributed by atoms with Crippen molar-refractivity contribution in [2.45, 2.75) is 31.6 Å². The molecule has 6 heteroatoms. The van der Waals surface area contributed by atoms with Crippen LogP contribution in [0, 0.1) is 0 Å². The van der Waals surface area contributed by atoms with E-state index in [0.717, 1.165) is 43.6 Å². The Hall–Kier alpha value is -2.34. The molecule has 0 aliphatic carbocycles. The van der Waals surface area contributed by atoms with Crippen molar-refractivity contribution in [1.29, 1.82) is 0 Å². The number of alkyl halides is 3. The monoisotopic (exact) mass is 362 g/mol. The fourth-order valence-corrected chi connectivity index (χ4v) is 3.31. The van der Waals surface area contributed by atoms with Gasteiger partial charge in [-0.1, -0.05) is 42.5 Å². The summed E-state index contributed by atoms with van der Waals surface area (Å²) in [7, 11) is 0. The molecule has 0 aromatic heterocycles. The highest BCUT2D eigenvalue weighted by Gasteiger charge is 2.31. The molecule has 1 N–H and O–H groups in total. The summed E-state index contributed by atoms with van der Waals surface area (Å²) in [6.07, 6.45) is -2.30. The number of nitrogens with one attached hydrogen (secondary N) is 1. The molecule has 0 radical (unpaired) electrons. The molecular weight excluding hydrogens is 341 g/mol. The molecule has 1 aliphatic rings. The summed E-state index contributed by atoms with van der Waals surface area (Å²) >= 11 is 0. The van der Waals surface area contributed by atoms with Crippen molar-refractivity contribution in [1.82, 2.24) is 10.2 Å². The minimum atomic E-state index is -4.39. The summed E-state index contributed by atoms with van der Waals surface area (Å²) in [5.41, 5.74) is 0.626. The van der Waals surface area contributed by atoms with Crippen molar-refractivity contribution >= 4 is 5.91 Å². The van der Waals surface area contributed by atoms with Gasteiger partial charge in [-0.3, -0.25) is 9.69 Å². The average molecular weight is 362 g/mol. The molecule has 3 nitrogen and oxygen atoms in total. The number of carbonyl (C=O) groups excluding carboxylic acids is 1. The fourth-order valence-electron chi connectivity index (χ4n) is 3.31. The molecule has 1 atom stereocenters. The van der Waals surface area contributed by atoms with Crippen molar-refractivity contribution in [3.63, 3.8) is 0 Å². The quantitative estimate of drug-likeness (QED) is 0.866. The molecule has 2 aromatic carbocycles. The Morgan fingerprint density at radius 1 is 1.04 bits per heavy atom. The number of hydrogen-bond donors (Lipinski definition) is 1. The lowest BCUT2D eigenvalue weighted by atomic mass is 10.0. The van der Waals surface area contributed by atoms with Crippen molar-refractivity contribution in [3.05, 3.63) is 71.3 Å². The highest BCUT2D eigenvalue weighted by atomic mass is 19.4. The van der Waals surface area contributed by atoms with E-state index in [2.05, 4.69) is 10.2 Å². The van der Waals surface area contributed by atoms with E-state index in [0.29, 0.717) is 5.56 Å². The summed E-state index contributed by atoms with van der Waals surface area (Å²) in [5, 5.41) is 2.81. The van der Waals surface area contributed by atoms with E-state index in [9.17, 15) is 18.0 Å². The second-order valence-electron chi connectivity index (χ2n) is 6.47. The number of halogens is 3. The predicted molar refractivity (Wildman–Crippen MR) is 93.3 cm³/mol. The van der Waals surface area contributed by atoms with Gasteiger partial charge < -0.3 is 5.32 Å². The van der Waals surface area contributed by atoms with Crippen LogP contribution in [0.15, 0.2) is 54.6 Å². The molecule has 138 valence electrons. The molecule has 1 unspecified atom stereocenters. The lowest BCUT2D eigenvalue weighted by Crippen LogP contribution is -2.39. The standard InChI is InChI=1S/C20H21F3N2O/c21-20(22,23)17-10-6-7-15(13-17)14-24-19(26)18(25-11-4-5-12-25)16-8-2-1-3-9-16/h1-3,6-10,13,18H,4-5,11-12,14H2,(H,24,26). The van der Waals surface area contributed by atoms with Crippen LogP contribution in [0.2, 0.25) is 0 Å². The van der Waals surface area contributed by atoms with Gasteiger partial charge in [-0.05, 0) is 49.2 Å². The maximum Gasteiger partial charge on any atom is 0.416 e. The van der Waals surface area contributed by atoms with Crippen LogP contribution >= 0.6 is 0 Å². The maximum atomic E-state index is 12.8. The molecule has 3 rings (SSSR count). The van der Waals surface area contributed by atoms with Crippen LogP contribution in [0.1, 0.15) is 35.6 Å². The molecule has 1 fully saturated rings. The number of carbonyl (C=O) groups is 1. The third-order valence-electron chi connectivity index (χ3n) is 4.59. The van der Waals surface area contributed by atoms with Gasteiger partial charge in [-0.2, -0.15) is 13.2 Å². The van der Waals surface area contributed by atoms with Crippen LogP contribution in [0.25, 0.3) is 0 Å². The largest absolute Gasteiger partial charge is 0.416 e. The van der Waals surface area contributed by atoms with E-state index >= 15 is 0 Å². The van der Waals surface area contributed by atoms with Crippen LogP contribution in [-0.4, -0.2) is 23.9 Å². The number of nitrogens with zero attached hydrogens (tertiary/aromatic N) is 1. The second-order valence-corrected chi connectivity index (χ2v) is 6.47. The first-order chi connectivity index (χ1) is 12.4. The van der Waals surface area contributed by atoms with Crippen molar-refractivity contribution in [3.8, 4) is 0 Å². The molecule has 0 saturated carbocycles. The van der Waals surface area contributed by atoms with E-state index in [1.54, 1.807) is 6.07 Å².